The van der Waals surface area contributed by atoms with Gasteiger partial charge in [0.05, 0.1) is 6.04 Å². The first-order chi connectivity index (χ1) is 4.75. The van der Waals surface area contributed by atoms with Crippen molar-refractivity contribution in [3.63, 3.8) is 0 Å². The maximum Gasteiger partial charge on any atom is 0.183 e. The predicted molar refractivity (Wildman–Crippen MR) is 38.9 cm³/mol. The lowest BCUT2D eigenvalue weighted by Crippen LogP contribution is -2.38. The summed E-state index contributed by atoms with van der Waals surface area (Å²) in [7, 11) is 5.52. The van der Waals surface area contributed by atoms with Crippen molar-refractivity contribution in [3.05, 3.63) is 0 Å². The monoisotopic (exact) mass is 139 g/mol. The van der Waals surface area contributed by atoms with Gasteiger partial charge in [0.25, 0.3) is 0 Å². The molecule has 1 heterocycles. The highest BCUT2D eigenvalue weighted by molar-refractivity contribution is 6.07. The topological polar surface area (TPSA) is 61.8 Å². The van der Waals surface area contributed by atoms with Crippen molar-refractivity contribution in [2.24, 2.45) is 10.9 Å². The van der Waals surface area contributed by atoms with Crippen LogP contribution in [0.4, 0.5) is 0 Å². The molecule has 3 N–H and O–H groups in total. The largest absolute Gasteiger partial charge is 0.409 e. The Balaban J connectivity index is 2.55. The van der Waals surface area contributed by atoms with Crippen LogP contribution >= 0.6 is 0 Å². The molecule has 1 aliphatic heterocycles. The van der Waals surface area contributed by atoms with Gasteiger partial charge in [0.2, 0.25) is 0 Å². The fraction of sp³-hybridized carbons (Fsp3) is 0.800. The Morgan fingerprint density at radius 2 is 2.50 bits per heavy atom. The van der Waals surface area contributed by atoms with E-state index in [9.17, 15) is 0 Å². The number of hydrogen-bond acceptors (Lipinski definition) is 3. The summed E-state index contributed by atoms with van der Waals surface area (Å²) in [6.45, 7) is 0.820. The van der Waals surface area contributed by atoms with Gasteiger partial charge >= 0.3 is 0 Å². The zero-order valence-corrected chi connectivity index (χ0v) is 5.70. The van der Waals surface area contributed by atoms with Gasteiger partial charge in [-0.05, 0) is 19.4 Å². The molecule has 1 unspecified atom stereocenters. The van der Waals surface area contributed by atoms with E-state index in [4.69, 9.17) is 18.9 Å². The van der Waals surface area contributed by atoms with E-state index in [0.717, 1.165) is 19.4 Å². The van der Waals surface area contributed by atoms with E-state index >= 15 is 0 Å². The van der Waals surface area contributed by atoms with Crippen LogP contribution in [-0.2, 0) is 0 Å². The summed E-state index contributed by atoms with van der Waals surface area (Å²) in [6, 6.07) is -0.0648. The second-order valence-electron chi connectivity index (χ2n) is 2.42. The molecule has 1 saturated heterocycles. The zero-order chi connectivity index (χ0) is 7.56. The zero-order valence-electron chi connectivity index (χ0n) is 5.70. The quantitative estimate of drug-likeness (QED) is 0.166. The highest BCUT2D eigenvalue weighted by Crippen LogP contribution is 2.13. The molecule has 1 atom stereocenters. The van der Waals surface area contributed by atoms with Crippen molar-refractivity contribution in [2.45, 2.75) is 18.9 Å². The van der Waals surface area contributed by atoms with Gasteiger partial charge in [-0.15, -0.1) is 0 Å². The first-order valence-electron chi connectivity index (χ1n) is 3.24. The molecule has 0 aromatic carbocycles. The molecule has 1 aliphatic rings. The third kappa shape index (κ3) is 1.24. The average Bonchev–Trinajstić information content (AvgIpc) is 2.34. The smallest absolute Gasteiger partial charge is 0.183 e. The maximum atomic E-state index is 8.29. The van der Waals surface area contributed by atoms with Crippen molar-refractivity contribution in [2.75, 3.05) is 6.54 Å². The molecular weight excluding hydrogens is 129 g/mol. The van der Waals surface area contributed by atoms with Crippen molar-refractivity contribution in [1.82, 2.24) is 4.81 Å². The van der Waals surface area contributed by atoms with Crippen molar-refractivity contribution < 1.29 is 5.21 Å². The van der Waals surface area contributed by atoms with Crippen LogP contribution < -0.4 is 5.73 Å². The average molecular weight is 139 g/mol. The van der Waals surface area contributed by atoms with Crippen LogP contribution in [0.15, 0.2) is 5.16 Å². The number of rotatable bonds is 1. The molecule has 1 fully saturated rings. The normalized spacial score (nSPS) is 29.2. The molecule has 0 spiro atoms. The minimum absolute atomic E-state index is 0.0648. The number of nitrogens with zero attached hydrogens (tertiary/aromatic N) is 2. The van der Waals surface area contributed by atoms with Crippen LogP contribution in [-0.4, -0.2) is 36.4 Å². The predicted octanol–water partition coefficient (Wildman–Crippen LogP) is -0.719. The highest BCUT2D eigenvalue weighted by atomic mass is 16.4. The van der Waals surface area contributed by atoms with Crippen LogP contribution in [0.1, 0.15) is 12.8 Å². The molecule has 10 heavy (non-hydrogen) atoms. The van der Waals surface area contributed by atoms with E-state index in [-0.39, 0.29) is 11.9 Å². The Bertz CT molecular complexity index is 150. The number of hydrogen-bond donors (Lipinski definition) is 2. The van der Waals surface area contributed by atoms with E-state index in [2.05, 4.69) is 5.16 Å². The van der Waals surface area contributed by atoms with Crippen LogP contribution in [0.2, 0.25) is 0 Å². The minimum Gasteiger partial charge on any atom is -0.409 e. The molecule has 0 aromatic rings. The number of nitrogens with two attached hydrogens (primary N) is 1. The third-order valence-corrected chi connectivity index (χ3v) is 1.75. The maximum absolute atomic E-state index is 8.29. The molecule has 1 rings (SSSR count). The SMILES string of the molecule is [B]N1CCCC1/C(N)=N/O. The van der Waals surface area contributed by atoms with E-state index in [0.29, 0.717) is 0 Å². The Kier molecular flexibility index (Phi) is 2.16. The van der Waals surface area contributed by atoms with Gasteiger partial charge in [-0.3, -0.25) is 0 Å². The molecule has 0 amide bonds. The highest BCUT2D eigenvalue weighted by Gasteiger charge is 2.23. The third-order valence-electron chi connectivity index (χ3n) is 1.75. The summed E-state index contributed by atoms with van der Waals surface area (Å²) < 4.78 is 0. The minimum atomic E-state index is -0.0648. The summed E-state index contributed by atoms with van der Waals surface area (Å²) in [5.41, 5.74) is 5.35. The van der Waals surface area contributed by atoms with Gasteiger partial charge in [-0.1, -0.05) is 5.16 Å². The van der Waals surface area contributed by atoms with Crippen molar-refractivity contribution in [1.29, 1.82) is 0 Å². The fourth-order valence-electron chi connectivity index (χ4n) is 1.17. The van der Waals surface area contributed by atoms with E-state index in [1.807, 2.05) is 0 Å². The van der Waals surface area contributed by atoms with Crippen molar-refractivity contribution in [3.8, 4) is 0 Å². The Labute approximate surface area is 61.1 Å². The van der Waals surface area contributed by atoms with Crippen molar-refractivity contribution >= 4 is 13.8 Å². The lowest BCUT2D eigenvalue weighted by molar-refractivity contribution is 0.312. The Morgan fingerprint density at radius 3 is 2.90 bits per heavy atom. The molecule has 0 saturated carbocycles. The molecule has 54 valence electrons. The first-order valence-corrected chi connectivity index (χ1v) is 3.24. The van der Waals surface area contributed by atoms with E-state index in [1.54, 1.807) is 4.81 Å². The van der Waals surface area contributed by atoms with Crippen LogP contribution in [0.25, 0.3) is 0 Å². The van der Waals surface area contributed by atoms with Gasteiger partial charge in [0.15, 0.2) is 13.8 Å². The van der Waals surface area contributed by atoms with Crippen LogP contribution in [0.5, 0.6) is 0 Å². The Morgan fingerprint density at radius 1 is 1.80 bits per heavy atom. The number of oxime groups is 1. The summed E-state index contributed by atoms with van der Waals surface area (Å²) in [4.78, 5) is 1.59. The molecule has 4 nitrogen and oxygen atoms in total. The molecular formula is C5H10BN3O. The van der Waals surface area contributed by atoms with Gasteiger partial charge in [-0.25, -0.2) is 0 Å². The van der Waals surface area contributed by atoms with Crippen LogP contribution in [0.3, 0.4) is 0 Å². The summed E-state index contributed by atoms with van der Waals surface area (Å²) in [6.07, 6.45) is 1.89. The lowest BCUT2D eigenvalue weighted by atomic mass is 10.1. The van der Waals surface area contributed by atoms with E-state index < -0.39 is 0 Å². The Hall–Kier alpha value is -0.705. The second kappa shape index (κ2) is 2.92. The van der Waals surface area contributed by atoms with Gasteiger partial charge in [0.1, 0.15) is 0 Å². The molecule has 0 aromatic heterocycles. The van der Waals surface area contributed by atoms with Gasteiger partial charge in [-0.2, -0.15) is 0 Å². The summed E-state index contributed by atoms with van der Waals surface area (Å²) in [5.74, 6) is 0.208. The van der Waals surface area contributed by atoms with E-state index in [1.165, 1.54) is 0 Å². The summed E-state index contributed by atoms with van der Waals surface area (Å²) in [5, 5.41) is 11.2. The molecule has 2 radical (unpaired) electrons. The standard InChI is InChI=1S/C5H10BN3O/c6-9-3-1-2-4(9)5(7)8-10/h4,10H,1-3H2,(H2,7,8). The van der Waals surface area contributed by atoms with Crippen LogP contribution in [0, 0.1) is 0 Å². The molecule has 0 bridgehead atoms. The lowest BCUT2D eigenvalue weighted by Gasteiger charge is -2.17. The molecule has 5 heteroatoms. The summed E-state index contributed by atoms with van der Waals surface area (Å²) >= 11 is 0. The number of amidine groups is 1. The fourth-order valence-corrected chi connectivity index (χ4v) is 1.17. The second-order valence-corrected chi connectivity index (χ2v) is 2.42. The first kappa shape index (κ1) is 7.40. The van der Waals surface area contributed by atoms with Gasteiger partial charge in [0, 0.05) is 0 Å². The van der Waals surface area contributed by atoms with Gasteiger partial charge < -0.3 is 15.8 Å². The molecule has 0 aliphatic carbocycles.